The van der Waals surface area contributed by atoms with Crippen molar-refractivity contribution in [1.29, 1.82) is 0 Å². The first-order chi connectivity index (χ1) is 6.27. The summed E-state index contributed by atoms with van der Waals surface area (Å²) in [6.07, 6.45) is 4.28. The highest BCUT2D eigenvalue weighted by Crippen LogP contribution is 2.35. The summed E-state index contributed by atoms with van der Waals surface area (Å²) in [6, 6.07) is 3.74. The van der Waals surface area contributed by atoms with Gasteiger partial charge in [0.1, 0.15) is 11.6 Å². The Morgan fingerprint density at radius 1 is 1.08 bits per heavy atom. The molecular weight excluding hydrogens is 170 g/mol. The van der Waals surface area contributed by atoms with Crippen molar-refractivity contribution in [2.45, 2.75) is 31.6 Å². The van der Waals surface area contributed by atoms with Gasteiger partial charge in [0.05, 0.1) is 0 Å². The Morgan fingerprint density at radius 3 is 2.46 bits per heavy atom. The lowest BCUT2D eigenvalue weighted by atomic mass is 9.97. The molecule has 0 aliphatic heterocycles. The third-order valence-electron chi connectivity index (χ3n) is 2.75. The molecule has 0 atom stereocenters. The van der Waals surface area contributed by atoms with Crippen molar-refractivity contribution in [2.75, 3.05) is 0 Å². The fourth-order valence-electron chi connectivity index (χ4n) is 2.06. The van der Waals surface area contributed by atoms with Crippen LogP contribution >= 0.6 is 0 Å². The Morgan fingerprint density at radius 2 is 1.77 bits per heavy atom. The molecule has 2 rings (SSSR count). The summed E-state index contributed by atoms with van der Waals surface area (Å²) in [6.45, 7) is 0. The van der Waals surface area contributed by atoms with Gasteiger partial charge in [-0.1, -0.05) is 12.8 Å². The summed E-state index contributed by atoms with van der Waals surface area (Å²) in [5.74, 6) is -0.340. The van der Waals surface area contributed by atoms with Gasteiger partial charge in [0.25, 0.3) is 0 Å². The molecule has 1 aromatic carbocycles. The van der Waals surface area contributed by atoms with Crippen LogP contribution in [0.4, 0.5) is 8.78 Å². The van der Waals surface area contributed by atoms with Crippen LogP contribution in [0.1, 0.15) is 37.2 Å². The van der Waals surface area contributed by atoms with E-state index in [2.05, 4.69) is 0 Å². The monoisotopic (exact) mass is 182 g/mol. The summed E-state index contributed by atoms with van der Waals surface area (Å²) >= 11 is 0. The molecule has 0 spiro atoms. The van der Waals surface area contributed by atoms with E-state index in [4.69, 9.17) is 0 Å². The van der Waals surface area contributed by atoms with Crippen molar-refractivity contribution in [2.24, 2.45) is 0 Å². The number of hydrogen-bond donors (Lipinski definition) is 0. The maximum absolute atomic E-state index is 13.3. The van der Waals surface area contributed by atoms with E-state index in [1.165, 1.54) is 18.2 Å². The molecule has 13 heavy (non-hydrogen) atoms. The average molecular weight is 182 g/mol. The zero-order valence-electron chi connectivity index (χ0n) is 7.39. The van der Waals surface area contributed by atoms with Crippen LogP contribution in [-0.4, -0.2) is 0 Å². The van der Waals surface area contributed by atoms with Gasteiger partial charge in [-0.3, -0.25) is 0 Å². The normalized spacial score (nSPS) is 18.0. The fraction of sp³-hybridized carbons (Fsp3) is 0.455. The lowest BCUT2D eigenvalue weighted by molar-refractivity contribution is 0.561. The second-order valence-corrected chi connectivity index (χ2v) is 3.65. The molecule has 1 aliphatic carbocycles. The summed E-state index contributed by atoms with van der Waals surface area (Å²) in [7, 11) is 0. The van der Waals surface area contributed by atoms with Crippen LogP contribution in [0.25, 0.3) is 0 Å². The maximum atomic E-state index is 13.3. The Bertz CT molecular complexity index is 301. The second-order valence-electron chi connectivity index (χ2n) is 3.65. The van der Waals surface area contributed by atoms with E-state index >= 15 is 0 Å². The summed E-state index contributed by atoms with van der Waals surface area (Å²) in [5, 5.41) is 0. The van der Waals surface area contributed by atoms with Crippen molar-refractivity contribution in [3.8, 4) is 0 Å². The molecule has 0 radical (unpaired) electrons. The first kappa shape index (κ1) is 8.67. The van der Waals surface area contributed by atoms with Crippen molar-refractivity contribution in [3.05, 3.63) is 35.4 Å². The Balaban J connectivity index is 2.32. The number of benzene rings is 1. The standard InChI is InChI=1S/C11H12F2/c12-9-5-6-11(13)10(7-9)8-3-1-2-4-8/h5-8H,1-4H2. The van der Waals surface area contributed by atoms with E-state index in [1.807, 2.05) is 0 Å². The molecule has 1 fully saturated rings. The van der Waals surface area contributed by atoms with E-state index in [9.17, 15) is 8.78 Å². The minimum absolute atomic E-state index is 0.246. The highest BCUT2D eigenvalue weighted by Gasteiger charge is 2.20. The van der Waals surface area contributed by atoms with Crippen LogP contribution in [0.3, 0.4) is 0 Å². The molecule has 1 aromatic rings. The van der Waals surface area contributed by atoms with Gasteiger partial charge in [-0.2, -0.15) is 0 Å². The summed E-state index contributed by atoms with van der Waals surface area (Å²) < 4.78 is 26.1. The molecule has 0 heterocycles. The number of rotatable bonds is 1. The Kier molecular flexibility index (Phi) is 2.30. The highest BCUT2D eigenvalue weighted by molar-refractivity contribution is 5.23. The van der Waals surface area contributed by atoms with E-state index in [0.29, 0.717) is 5.56 Å². The first-order valence-electron chi connectivity index (χ1n) is 4.72. The third kappa shape index (κ3) is 1.71. The molecule has 0 N–H and O–H groups in total. The lowest BCUT2D eigenvalue weighted by Crippen LogP contribution is -1.97. The maximum Gasteiger partial charge on any atom is 0.126 e. The van der Waals surface area contributed by atoms with Crippen molar-refractivity contribution in [1.82, 2.24) is 0 Å². The molecular formula is C11H12F2. The van der Waals surface area contributed by atoms with E-state index in [1.54, 1.807) is 0 Å². The minimum atomic E-state index is -0.330. The zero-order chi connectivity index (χ0) is 9.26. The third-order valence-corrected chi connectivity index (χ3v) is 2.75. The smallest absolute Gasteiger partial charge is 0.126 e. The molecule has 0 unspecified atom stereocenters. The van der Waals surface area contributed by atoms with Crippen LogP contribution in [0.15, 0.2) is 18.2 Å². The van der Waals surface area contributed by atoms with Gasteiger partial charge >= 0.3 is 0 Å². The van der Waals surface area contributed by atoms with Crippen LogP contribution in [0.2, 0.25) is 0 Å². The van der Waals surface area contributed by atoms with Crippen LogP contribution in [-0.2, 0) is 0 Å². The largest absolute Gasteiger partial charge is 0.207 e. The van der Waals surface area contributed by atoms with Gasteiger partial charge in [0, 0.05) is 0 Å². The Labute approximate surface area is 76.6 Å². The van der Waals surface area contributed by atoms with Gasteiger partial charge in [-0.05, 0) is 42.5 Å². The second kappa shape index (κ2) is 3.44. The first-order valence-corrected chi connectivity index (χ1v) is 4.72. The predicted octanol–water partition coefficient (Wildman–Crippen LogP) is 3.62. The van der Waals surface area contributed by atoms with Gasteiger partial charge in [-0.15, -0.1) is 0 Å². The van der Waals surface area contributed by atoms with Crippen molar-refractivity contribution >= 4 is 0 Å². The highest BCUT2D eigenvalue weighted by atomic mass is 19.1. The minimum Gasteiger partial charge on any atom is -0.207 e. The molecule has 1 saturated carbocycles. The van der Waals surface area contributed by atoms with Gasteiger partial charge in [0.15, 0.2) is 0 Å². The SMILES string of the molecule is Fc1ccc(F)c(C2CCCC2)c1. The number of halogens is 2. The molecule has 2 heteroatoms. The Hall–Kier alpha value is -0.920. The van der Waals surface area contributed by atoms with Crippen LogP contribution in [0, 0.1) is 11.6 Å². The van der Waals surface area contributed by atoms with Crippen LogP contribution in [0.5, 0.6) is 0 Å². The quantitative estimate of drug-likeness (QED) is 0.622. The van der Waals surface area contributed by atoms with Crippen molar-refractivity contribution < 1.29 is 8.78 Å². The van der Waals surface area contributed by atoms with E-state index in [0.717, 1.165) is 25.7 Å². The summed E-state index contributed by atoms with van der Waals surface area (Å²) in [4.78, 5) is 0. The van der Waals surface area contributed by atoms with Crippen molar-refractivity contribution in [3.63, 3.8) is 0 Å². The summed E-state index contributed by atoms with van der Waals surface area (Å²) in [5.41, 5.74) is 0.567. The van der Waals surface area contributed by atoms with Gasteiger partial charge < -0.3 is 0 Å². The van der Waals surface area contributed by atoms with E-state index < -0.39 is 0 Å². The van der Waals surface area contributed by atoms with Crippen LogP contribution < -0.4 is 0 Å². The molecule has 0 aromatic heterocycles. The molecule has 1 aliphatic rings. The molecule has 0 nitrogen and oxygen atoms in total. The topological polar surface area (TPSA) is 0 Å². The molecule has 0 bridgehead atoms. The zero-order valence-corrected chi connectivity index (χ0v) is 7.39. The lowest BCUT2D eigenvalue weighted by Gasteiger charge is -2.10. The average Bonchev–Trinajstić information content (AvgIpc) is 2.61. The fourth-order valence-corrected chi connectivity index (χ4v) is 2.06. The molecule has 0 saturated heterocycles. The van der Waals surface area contributed by atoms with Gasteiger partial charge in [0.2, 0.25) is 0 Å². The molecule has 70 valence electrons. The van der Waals surface area contributed by atoms with E-state index in [-0.39, 0.29) is 17.6 Å². The number of hydrogen-bond acceptors (Lipinski definition) is 0. The predicted molar refractivity (Wildman–Crippen MR) is 47.6 cm³/mol. The van der Waals surface area contributed by atoms with Gasteiger partial charge in [-0.25, -0.2) is 8.78 Å². The molecule has 0 amide bonds.